The molecule has 1 aliphatic heterocycles. The average Bonchev–Trinajstić information content (AvgIpc) is 3.00. The van der Waals surface area contributed by atoms with Crippen LogP contribution in [0.2, 0.25) is 0 Å². The standard InChI is InChI=1S/C13H18O/c1-11(9-13-10-14-13)7-8-12-5-3-2-4-6-12/h2-6,11,13H,7-10H2,1H3/t11-,13?/m0/s1. The van der Waals surface area contributed by atoms with Crippen LogP contribution in [0.25, 0.3) is 0 Å². The Hall–Kier alpha value is -0.820. The molecule has 1 heteroatoms. The third-order valence-electron chi connectivity index (χ3n) is 2.84. The van der Waals surface area contributed by atoms with Gasteiger partial charge in [-0.05, 0) is 30.7 Å². The zero-order chi connectivity index (χ0) is 9.80. The normalized spacial score (nSPS) is 21.9. The first-order valence-electron chi connectivity index (χ1n) is 5.50. The summed E-state index contributed by atoms with van der Waals surface area (Å²) in [5.74, 6) is 0.794. The molecule has 0 amide bonds. The highest BCUT2D eigenvalue weighted by Gasteiger charge is 2.24. The maximum Gasteiger partial charge on any atom is 0.0812 e. The summed E-state index contributed by atoms with van der Waals surface area (Å²) in [6.45, 7) is 3.32. The Kier molecular flexibility index (Phi) is 3.20. The van der Waals surface area contributed by atoms with Crippen LogP contribution in [0.15, 0.2) is 30.3 Å². The Morgan fingerprint density at radius 1 is 1.36 bits per heavy atom. The van der Waals surface area contributed by atoms with Crippen LogP contribution in [0.3, 0.4) is 0 Å². The topological polar surface area (TPSA) is 12.5 Å². The summed E-state index contributed by atoms with van der Waals surface area (Å²) in [6, 6.07) is 10.7. The Bertz CT molecular complexity index is 264. The van der Waals surface area contributed by atoms with Crippen molar-refractivity contribution in [2.24, 2.45) is 5.92 Å². The SMILES string of the molecule is C[C@@H](CCc1ccccc1)CC1CO1. The maximum absolute atomic E-state index is 5.23. The van der Waals surface area contributed by atoms with Crippen molar-refractivity contribution in [1.29, 1.82) is 0 Å². The molecule has 0 N–H and O–H groups in total. The van der Waals surface area contributed by atoms with E-state index in [0.717, 1.165) is 12.5 Å². The molecule has 1 saturated heterocycles. The van der Waals surface area contributed by atoms with Gasteiger partial charge >= 0.3 is 0 Å². The molecule has 1 aromatic rings. The fourth-order valence-electron chi connectivity index (χ4n) is 1.83. The third-order valence-corrected chi connectivity index (χ3v) is 2.84. The van der Waals surface area contributed by atoms with Gasteiger partial charge in [-0.15, -0.1) is 0 Å². The predicted molar refractivity (Wildman–Crippen MR) is 58.3 cm³/mol. The molecule has 1 heterocycles. The lowest BCUT2D eigenvalue weighted by Crippen LogP contribution is -2.01. The van der Waals surface area contributed by atoms with E-state index in [1.807, 2.05) is 0 Å². The van der Waals surface area contributed by atoms with Gasteiger partial charge in [0.1, 0.15) is 0 Å². The quantitative estimate of drug-likeness (QED) is 0.650. The van der Waals surface area contributed by atoms with E-state index in [1.165, 1.54) is 24.8 Å². The summed E-state index contributed by atoms with van der Waals surface area (Å²) >= 11 is 0. The minimum atomic E-state index is 0.584. The van der Waals surface area contributed by atoms with Crippen LogP contribution >= 0.6 is 0 Å². The van der Waals surface area contributed by atoms with Crippen molar-refractivity contribution in [1.82, 2.24) is 0 Å². The highest BCUT2D eigenvalue weighted by Crippen LogP contribution is 2.22. The molecule has 1 unspecified atom stereocenters. The molecule has 0 spiro atoms. The van der Waals surface area contributed by atoms with Crippen LogP contribution in [-0.2, 0) is 11.2 Å². The van der Waals surface area contributed by atoms with Gasteiger partial charge in [0, 0.05) is 0 Å². The molecule has 0 aliphatic carbocycles. The smallest absolute Gasteiger partial charge is 0.0812 e. The maximum atomic E-state index is 5.23. The fraction of sp³-hybridized carbons (Fsp3) is 0.538. The Balaban J connectivity index is 1.70. The number of ether oxygens (including phenoxy) is 1. The van der Waals surface area contributed by atoms with Crippen molar-refractivity contribution in [2.45, 2.75) is 32.3 Å². The van der Waals surface area contributed by atoms with Gasteiger partial charge < -0.3 is 4.74 Å². The second kappa shape index (κ2) is 4.61. The van der Waals surface area contributed by atoms with Crippen LogP contribution in [0, 0.1) is 5.92 Å². The molecular weight excluding hydrogens is 172 g/mol. The Morgan fingerprint density at radius 2 is 2.07 bits per heavy atom. The number of hydrogen-bond acceptors (Lipinski definition) is 1. The van der Waals surface area contributed by atoms with Gasteiger partial charge in [0.25, 0.3) is 0 Å². The molecule has 0 aromatic heterocycles. The van der Waals surface area contributed by atoms with Crippen LogP contribution in [0.1, 0.15) is 25.3 Å². The summed E-state index contributed by atoms with van der Waals surface area (Å²) in [6.07, 6.45) is 4.31. The van der Waals surface area contributed by atoms with Crippen molar-refractivity contribution in [2.75, 3.05) is 6.61 Å². The van der Waals surface area contributed by atoms with E-state index in [2.05, 4.69) is 37.3 Å². The van der Waals surface area contributed by atoms with Crippen LogP contribution < -0.4 is 0 Å². The van der Waals surface area contributed by atoms with E-state index >= 15 is 0 Å². The number of epoxide rings is 1. The van der Waals surface area contributed by atoms with Crippen molar-refractivity contribution in [3.05, 3.63) is 35.9 Å². The fourth-order valence-corrected chi connectivity index (χ4v) is 1.83. The van der Waals surface area contributed by atoms with Gasteiger partial charge in [0.05, 0.1) is 12.7 Å². The number of benzene rings is 1. The van der Waals surface area contributed by atoms with Gasteiger partial charge in [-0.25, -0.2) is 0 Å². The van der Waals surface area contributed by atoms with E-state index in [0.29, 0.717) is 6.10 Å². The minimum Gasteiger partial charge on any atom is -0.373 e. The van der Waals surface area contributed by atoms with E-state index in [4.69, 9.17) is 4.74 Å². The van der Waals surface area contributed by atoms with Crippen LogP contribution in [0.4, 0.5) is 0 Å². The monoisotopic (exact) mass is 190 g/mol. The van der Waals surface area contributed by atoms with E-state index in [9.17, 15) is 0 Å². The lowest BCUT2D eigenvalue weighted by molar-refractivity contribution is 0.354. The molecule has 76 valence electrons. The molecule has 0 radical (unpaired) electrons. The van der Waals surface area contributed by atoms with Gasteiger partial charge in [0.2, 0.25) is 0 Å². The summed E-state index contributed by atoms with van der Waals surface area (Å²) in [5, 5.41) is 0. The van der Waals surface area contributed by atoms with Gasteiger partial charge in [0.15, 0.2) is 0 Å². The molecule has 1 fully saturated rings. The second-order valence-electron chi connectivity index (χ2n) is 4.32. The van der Waals surface area contributed by atoms with E-state index in [-0.39, 0.29) is 0 Å². The molecule has 14 heavy (non-hydrogen) atoms. The summed E-state index contributed by atoms with van der Waals surface area (Å²) < 4.78 is 5.23. The number of rotatable bonds is 5. The molecule has 0 bridgehead atoms. The van der Waals surface area contributed by atoms with Crippen LogP contribution in [0.5, 0.6) is 0 Å². The first-order valence-corrected chi connectivity index (χ1v) is 5.50. The first-order chi connectivity index (χ1) is 6.84. The molecule has 2 atom stereocenters. The minimum absolute atomic E-state index is 0.584. The van der Waals surface area contributed by atoms with Crippen LogP contribution in [-0.4, -0.2) is 12.7 Å². The Morgan fingerprint density at radius 3 is 2.71 bits per heavy atom. The molecule has 2 rings (SSSR count). The van der Waals surface area contributed by atoms with Gasteiger partial charge in [-0.2, -0.15) is 0 Å². The number of hydrogen-bond donors (Lipinski definition) is 0. The molecule has 1 nitrogen and oxygen atoms in total. The van der Waals surface area contributed by atoms with E-state index < -0.39 is 0 Å². The third kappa shape index (κ3) is 3.15. The largest absolute Gasteiger partial charge is 0.373 e. The zero-order valence-electron chi connectivity index (χ0n) is 8.78. The lowest BCUT2D eigenvalue weighted by atomic mass is 9.97. The van der Waals surface area contributed by atoms with E-state index in [1.54, 1.807) is 0 Å². The number of aryl methyl sites for hydroxylation is 1. The second-order valence-corrected chi connectivity index (χ2v) is 4.32. The molecular formula is C13H18O. The van der Waals surface area contributed by atoms with Gasteiger partial charge in [-0.1, -0.05) is 37.3 Å². The highest BCUT2D eigenvalue weighted by atomic mass is 16.6. The Labute approximate surface area is 86.1 Å². The highest BCUT2D eigenvalue weighted by molar-refractivity contribution is 5.14. The zero-order valence-corrected chi connectivity index (χ0v) is 8.78. The van der Waals surface area contributed by atoms with Gasteiger partial charge in [-0.3, -0.25) is 0 Å². The summed E-state index contributed by atoms with van der Waals surface area (Å²) in [4.78, 5) is 0. The lowest BCUT2D eigenvalue weighted by Gasteiger charge is -2.08. The average molecular weight is 190 g/mol. The molecule has 0 saturated carbocycles. The molecule has 1 aliphatic rings. The predicted octanol–water partition coefficient (Wildman–Crippen LogP) is 3.04. The van der Waals surface area contributed by atoms with Crippen molar-refractivity contribution in [3.8, 4) is 0 Å². The van der Waals surface area contributed by atoms with Crippen molar-refractivity contribution < 1.29 is 4.74 Å². The summed E-state index contributed by atoms with van der Waals surface area (Å²) in [5.41, 5.74) is 1.45. The van der Waals surface area contributed by atoms with Crippen molar-refractivity contribution in [3.63, 3.8) is 0 Å². The molecule has 1 aromatic carbocycles. The van der Waals surface area contributed by atoms with Crippen molar-refractivity contribution >= 4 is 0 Å². The summed E-state index contributed by atoms with van der Waals surface area (Å²) in [7, 11) is 0. The first kappa shape index (κ1) is 9.72.